The number of anilines is 1. The van der Waals surface area contributed by atoms with E-state index in [9.17, 15) is 0 Å². The van der Waals surface area contributed by atoms with Gasteiger partial charge in [0.25, 0.3) is 0 Å². The zero-order valence-corrected chi connectivity index (χ0v) is 11.4. The lowest BCUT2D eigenvalue weighted by molar-refractivity contribution is 0.392. The summed E-state index contributed by atoms with van der Waals surface area (Å²) in [5.74, 6) is 1.57. The minimum atomic E-state index is 0.683. The highest BCUT2D eigenvalue weighted by Gasteiger charge is 2.12. The highest BCUT2D eigenvalue weighted by molar-refractivity contribution is 5.61. The lowest BCUT2D eigenvalue weighted by Gasteiger charge is -2.23. The number of piperidine rings is 1. The van der Waals surface area contributed by atoms with Gasteiger partial charge in [0.05, 0.1) is 5.69 Å². The molecule has 1 atom stereocenters. The van der Waals surface area contributed by atoms with E-state index < -0.39 is 0 Å². The number of nitrogens with one attached hydrogen (secondary N) is 2. The summed E-state index contributed by atoms with van der Waals surface area (Å²) in [5, 5.41) is 6.85. The summed E-state index contributed by atoms with van der Waals surface area (Å²) < 4.78 is 0. The standard InChI is InChI=1S/C15H19N5/c1-2-12(9-17-5-1)10-18-15-8-14(19-11-20-15)13-3-6-16-7-4-13/h3-4,6-8,11-12,17H,1-2,5,9-10H2,(H,18,19,20). The van der Waals surface area contributed by atoms with Crippen molar-refractivity contribution in [2.45, 2.75) is 12.8 Å². The minimum absolute atomic E-state index is 0.683. The van der Waals surface area contributed by atoms with Crippen LogP contribution in [0.15, 0.2) is 36.9 Å². The van der Waals surface area contributed by atoms with E-state index in [4.69, 9.17) is 0 Å². The Labute approximate surface area is 118 Å². The van der Waals surface area contributed by atoms with Gasteiger partial charge >= 0.3 is 0 Å². The Morgan fingerprint density at radius 3 is 2.95 bits per heavy atom. The highest BCUT2D eigenvalue weighted by Crippen LogP contribution is 2.18. The second-order valence-corrected chi connectivity index (χ2v) is 5.12. The number of nitrogens with zero attached hydrogens (tertiary/aromatic N) is 3. The molecule has 0 bridgehead atoms. The van der Waals surface area contributed by atoms with Crippen LogP contribution in [0, 0.1) is 5.92 Å². The monoisotopic (exact) mass is 269 g/mol. The number of hydrogen-bond donors (Lipinski definition) is 2. The van der Waals surface area contributed by atoms with Gasteiger partial charge in [-0.25, -0.2) is 9.97 Å². The predicted molar refractivity (Wildman–Crippen MR) is 79.3 cm³/mol. The topological polar surface area (TPSA) is 62.7 Å². The molecule has 20 heavy (non-hydrogen) atoms. The van der Waals surface area contributed by atoms with Crippen LogP contribution in [-0.4, -0.2) is 34.6 Å². The van der Waals surface area contributed by atoms with Crippen molar-refractivity contribution in [2.24, 2.45) is 5.92 Å². The van der Waals surface area contributed by atoms with Gasteiger partial charge in [-0.2, -0.15) is 0 Å². The van der Waals surface area contributed by atoms with Gasteiger partial charge in [-0.1, -0.05) is 0 Å². The van der Waals surface area contributed by atoms with E-state index in [1.54, 1.807) is 18.7 Å². The molecule has 2 aromatic heterocycles. The molecule has 2 aromatic rings. The van der Waals surface area contributed by atoms with Gasteiger partial charge in [0.15, 0.2) is 0 Å². The molecule has 0 saturated carbocycles. The molecule has 0 spiro atoms. The van der Waals surface area contributed by atoms with E-state index in [-0.39, 0.29) is 0 Å². The lowest BCUT2D eigenvalue weighted by Crippen LogP contribution is -2.33. The van der Waals surface area contributed by atoms with Crippen LogP contribution in [0.1, 0.15) is 12.8 Å². The minimum Gasteiger partial charge on any atom is -0.370 e. The number of aromatic nitrogens is 3. The number of rotatable bonds is 4. The summed E-state index contributed by atoms with van der Waals surface area (Å²) in [6, 6.07) is 5.90. The third-order valence-corrected chi connectivity index (χ3v) is 3.61. The SMILES string of the molecule is c1cc(-c2cc(NCC3CCCNC3)ncn2)ccn1. The largest absolute Gasteiger partial charge is 0.370 e. The zero-order chi connectivity index (χ0) is 13.6. The van der Waals surface area contributed by atoms with Gasteiger partial charge in [-0.3, -0.25) is 4.98 Å². The van der Waals surface area contributed by atoms with Crippen molar-refractivity contribution < 1.29 is 0 Å². The van der Waals surface area contributed by atoms with E-state index in [0.717, 1.165) is 36.7 Å². The first kappa shape index (κ1) is 13.0. The summed E-state index contributed by atoms with van der Waals surface area (Å²) in [6.07, 6.45) is 7.70. The van der Waals surface area contributed by atoms with E-state index in [2.05, 4.69) is 25.6 Å². The first-order valence-corrected chi connectivity index (χ1v) is 7.09. The van der Waals surface area contributed by atoms with Crippen molar-refractivity contribution in [3.63, 3.8) is 0 Å². The first-order chi connectivity index (χ1) is 9.92. The Morgan fingerprint density at radius 2 is 2.15 bits per heavy atom. The third-order valence-electron chi connectivity index (χ3n) is 3.61. The summed E-state index contributed by atoms with van der Waals surface area (Å²) >= 11 is 0. The Balaban J connectivity index is 1.65. The van der Waals surface area contributed by atoms with Crippen LogP contribution in [0.3, 0.4) is 0 Å². The summed E-state index contributed by atoms with van der Waals surface area (Å²) in [6.45, 7) is 3.20. The fourth-order valence-corrected chi connectivity index (χ4v) is 2.48. The van der Waals surface area contributed by atoms with Crippen molar-refractivity contribution in [2.75, 3.05) is 25.0 Å². The number of pyridine rings is 1. The van der Waals surface area contributed by atoms with Crippen molar-refractivity contribution >= 4 is 5.82 Å². The molecule has 5 heteroatoms. The summed E-state index contributed by atoms with van der Waals surface area (Å²) in [4.78, 5) is 12.6. The van der Waals surface area contributed by atoms with Gasteiger partial charge in [0.1, 0.15) is 12.1 Å². The molecule has 0 aromatic carbocycles. The summed E-state index contributed by atoms with van der Waals surface area (Å²) in [7, 11) is 0. The van der Waals surface area contributed by atoms with Crippen LogP contribution >= 0.6 is 0 Å². The molecule has 3 rings (SSSR count). The molecule has 5 nitrogen and oxygen atoms in total. The Bertz CT molecular complexity index is 537. The molecule has 0 amide bonds. The number of hydrogen-bond acceptors (Lipinski definition) is 5. The molecule has 1 saturated heterocycles. The molecular weight excluding hydrogens is 250 g/mol. The van der Waals surface area contributed by atoms with Crippen LogP contribution in [-0.2, 0) is 0 Å². The van der Waals surface area contributed by atoms with E-state index >= 15 is 0 Å². The van der Waals surface area contributed by atoms with Gasteiger partial charge < -0.3 is 10.6 Å². The molecule has 1 aliphatic heterocycles. The normalized spacial score (nSPS) is 18.7. The molecule has 0 radical (unpaired) electrons. The van der Waals surface area contributed by atoms with Crippen LogP contribution in [0.2, 0.25) is 0 Å². The van der Waals surface area contributed by atoms with Gasteiger partial charge in [-0.15, -0.1) is 0 Å². The molecule has 1 aliphatic rings. The van der Waals surface area contributed by atoms with Crippen molar-refractivity contribution in [3.8, 4) is 11.3 Å². The van der Waals surface area contributed by atoms with E-state index in [0.29, 0.717) is 5.92 Å². The third kappa shape index (κ3) is 3.30. The van der Waals surface area contributed by atoms with Gasteiger partial charge in [0.2, 0.25) is 0 Å². The van der Waals surface area contributed by atoms with E-state index in [1.807, 2.05) is 18.2 Å². The average molecular weight is 269 g/mol. The second kappa shape index (κ2) is 6.43. The van der Waals surface area contributed by atoms with Crippen LogP contribution in [0.4, 0.5) is 5.82 Å². The fraction of sp³-hybridized carbons (Fsp3) is 0.400. The fourth-order valence-electron chi connectivity index (χ4n) is 2.48. The zero-order valence-electron chi connectivity index (χ0n) is 11.4. The first-order valence-electron chi connectivity index (χ1n) is 7.09. The predicted octanol–water partition coefficient (Wildman–Crippen LogP) is 1.95. The molecule has 104 valence electrons. The summed E-state index contributed by atoms with van der Waals surface area (Å²) in [5.41, 5.74) is 1.98. The molecule has 1 fully saturated rings. The van der Waals surface area contributed by atoms with Crippen molar-refractivity contribution in [3.05, 3.63) is 36.9 Å². The van der Waals surface area contributed by atoms with Crippen LogP contribution in [0.25, 0.3) is 11.3 Å². The second-order valence-electron chi connectivity index (χ2n) is 5.12. The molecule has 3 heterocycles. The van der Waals surface area contributed by atoms with Gasteiger partial charge in [-0.05, 0) is 44.0 Å². The Kier molecular flexibility index (Phi) is 4.18. The average Bonchev–Trinajstić information content (AvgIpc) is 2.55. The Morgan fingerprint density at radius 1 is 1.25 bits per heavy atom. The molecule has 1 unspecified atom stereocenters. The quantitative estimate of drug-likeness (QED) is 0.888. The van der Waals surface area contributed by atoms with E-state index in [1.165, 1.54) is 12.8 Å². The molecular formula is C15H19N5. The lowest BCUT2D eigenvalue weighted by atomic mass is 10.00. The maximum Gasteiger partial charge on any atom is 0.129 e. The van der Waals surface area contributed by atoms with Crippen molar-refractivity contribution in [1.29, 1.82) is 0 Å². The maximum atomic E-state index is 4.31. The van der Waals surface area contributed by atoms with Gasteiger partial charge in [0, 0.05) is 30.6 Å². The molecule has 2 N–H and O–H groups in total. The Hall–Kier alpha value is -2.01. The van der Waals surface area contributed by atoms with Crippen LogP contribution < -0.4 is 10.6 Å². The highest BCUT2D eigenvalue weighted by atomic mass is 15.0. The van der Waals surface area contributed by atoms with Crippen LogP contribution in [0.5, 0.6) is 0 Å². The maximum absolute atomic E-state index is 4.31. The smallest absolute Gasteiger partial charge is 0.129 e. The van der Waals surface area contributed by atoms with Crippen molar-refractivity contribution in [1.82, 2.24) is 20.3 Å². The molecule has 0 aliphatic carbocycles.